The lowest BCUT2D eigenvalue weighted by atomic mass is 10.1. The van der Waals surface area contributed by atoms with Gasteiger partial charge in [-0.2, -0.15) is 12.7 Å². The van der Waals surface area contributed by atoms with Crippen molar-refractivity contribution in [3.63, 3.8) is 0 Å². The molecule has 2 aromatic rings. The van der Waals surface area contributed by atoms with Crippen LogP contribution < -0.4 is 5.73 Å². The van der Waals surface area contributed by atoms with Crippen LogP contribution in [0.1, 0.15) is 6.23 Å². The number of nitrogens with two attached hydrogens (primary N) is 1. The molecule has 0 saturated carbocycles. The number of nitrogens with zero attached hydrogens (tertiary/aromatic N) is 4. The van der Waals surface area contributed by atoms with Crippen molar-refractivity contribution in [2.75, 3.05) is 12.3 Å². The van der Waals surface area contributed by atoms with Gasteiger partial charge in [-0.3, -0.25) is 13.7 Å². The molecule has 3 rings (SSSR count). The Morgan fingerprint density at radius 1 is 1.06 bits per heavy atom. The summed E-state index contributed by atoms with van der Waals surface area (Å²) in [4.78, 5) is 42.9. The Morgan fingerprint density at radius 3 is 1.97 bits per heavy atom. The predicted molar refractivity (Wildman–Crippen MR) is 102 cm³/mol. The lowest BCUT2D eigenvalue weighted by Crippen LogP contribution is -2.33. The zero-order valence-corrected chi connectivity index (χ0v) is 18.4. The zero-order valence-electron chi connectivity index (χ0n) is 15.8. The Morgan fingerprint density at radius 2 is 1.58 bits per heavy atom. The third-order valence-corrected chi connectivity index (χ3v) is 5.09. The van der Waals surface area contributed by atoms with Crippen molar-refractivity contribution < 1.29 is 70.6 Å². The number of aliphatic hydroxyl groups is 3. The zero-order chi connectivity index (χ0) is 25.8. The van der Waals surface area contributed by atoms with Gasteiger partial charge < -0.3 is 45.4 Å². The van der Waals surface area contributed by atoms with Crippen molar-refractivity contribution in [2.45, 2.75) is 24.5 Å². The van der Waals surface area contributed by atoms with Crippen molar-refractivity contribution >= 4 is 43.0 Å². The van der Waals surface area contributed by atoms with Crippen molar-refractivity contribution in [3.8, 4) is 0 Å². The number of ether oxygens (including phenoxy) is 1. The van der Waals surface area contributed by atoms with E-state index >= 15 is 0 Å². The maximum atomic E-state index is 9.95. The van der Waals surface area contributed by atoms with E-state index in [1.54, 1.807) is 0 Å². The summed E-state index contributed by atoms with van der Waals surface area (Å²) in [6, 6.07) is 0. The van der Waals surface area contributed by atoms with Crippen molar-refractivity contribution in [3.05, 3.63) is 12.7 Å². The Labute approximate surface area is 183 Å². The summed E-state index contributed by atoms with van der Waals surface area (Å²) >= 11 is 0. The van der Waals surface area contributed by atoms with Crippen molar-refractivity contribution in [1.29, 1.82) is 0 Å². The monoisotopic (exact) mass is 543 g/mol. The highest BCUT2D eigenvalue weighted by atomic mass is 32.3. The number of hydrogen-bond acceptors (Lipinski definition) is 13. The molecule has 190 valence electrons. The fourth-order valence-electron chi connectivity index (χ4n) is 2.30. The molecular weight excluding hydrogens is 524 g/mol. The third kappa shape index (κ3) is 10.00. The fourth-order valence-corrected chi connectivity index (χ4v) is 3.41. The van der Waals surface area contributed by atoms with Gasteiger partial charge in [-0.15, -0.1) is 0 Å². The lowest BCUT2D eigenvalue weighted by molar-refractivity contribution is -0.0511. The highest BCUT2D eigenvalue weighted by molar-refractivity contribution is 7.79. The van der Waals surface area contributed by atoms with Crippen LogP contribution in [0.2, 0.25) is 0 Å². The number of rotatable bonds is 4. The van der Waals surface area contributed by atoms with Crippen LogP contribution in [0.15, 0.2) is 12.7 Å². The molecule has 0 unspecified atom stereocenters. The molecule has 33 heavy (non-hydrogen) atoms. The molecular formula is C10H19N5O15P2S. The largest absolute Gasteiger partial charge is 0.478 e. The maximum Gasteiger partial charge on any atom is 0.478 e. The number of imidazole rings is 1. The molecule has 11 N–H and O–H groups in total. The maximum absolute atomic E-state index is 9.95. The number of aliphatic hydroxyl groups excluding tert-OH is 3. The van der Waals surface area contributed by atoms with Crippen molar-refractivity contribution in [1.82, 2.24) is 19.5 Å². The molecule has 0 bridgehead atoms. The summed E-state index contributed by atoms with van der Waals surface area (Å²) in [5.74, 6) is 0.218. The van der Waals surface area contributed by atoms with E-state index in [0.29, 0.717) is 11.2 Å². The van der Waals surface area contributed by atoms with Gasteiger partial charge in [0.25, 0.3) is 0 Å². The topological polar surface area (TPSA) is 338 Å². The molecule has 1 saturated heterocycles. The lowest BCUT2D eigenvalue weighted by Gasteiger charge is -2.16. The number of phosphoric acid groups is 2. The van der Waals surface area contributed by atoms with Crippen LogP contribution in [0.3, 0.4) is 0 Å². The summed E-state index contributed by atoms with van der Waals surface area (Å²) < 4.78 is 60.6. The first-order valence-electron chi connectivity index (χ1n) is 7.92. The van der Waals surface area contributed by atoms with Crippen LogP contribution in [0, 0.1) is 0 Å². The highest BCUT2D eigenvalue weighted by Crippen LogP contribution is 2.53. The van der Waals surface area contributed by atoms with E-state index in [1.165, 1.54) is 17.2 Å². The second-order valence-electron chi connectivity index (χ2n) is 5.82. The number of hydrogen-bond donors (Lipinski definition) is 10. The number of fused-ring (bicyclic) bond motifs is 1. The smallest absolute Gasteiger partial charge is 0.394 e. The van der Waals surface area contributed by atoms with Gasteiger partial charge in [0.2, 0.25) is 0 Å². The average Bonchev–Trinajstić information content (AvgIpc) is 3.14. The van der Waals surface area contributed by atoms with Crippen molar-refractivity contribution in [2.24, 2.45) is 0 Å². The molecule has 2 aromatic heterocycles. The first kappa shape index (κ1) is 29.4. The molecule has 23 heteroatoms. The molecule has 0 amide bonds. The molecule has 3 heterocycles. The minimum Gasteiger partial charge on any atom is -0.394 e. The van der Waals surface area contributed by atoms with Gasteiger partial charge in [-0.25, -0.2) is 24.1 Å². The molecule has 0 radical (unpaired) electrons. The second kappa shape index (κ2) is 11.2. The van der Waals surface area contributed by atoms with Crippen LogP contribution in [0.5, 0.6) is 0 Å². The Hall–Kier alpha value is -1.68. The van der Waals surface area contributed by atoms with E-state index < -0.39 is 57.2 Å². The van der Waals surface area contributed by atoms with Gasteiger partial charge in [0, 0.05) is 0 Å². The van der Waals surface area contributed by atoms with Crippen LogP contribution in [0.25, 0.3) is 11.2 Å². The first-order valence-corrected chi connectivity index (χ1v) is 12.4. The average molecular weight is 543 g/mol. The summed E-state index contributed by atoms with van der Waals surface area (Å²) in [5, 5.41) is 28.7. The predicted octanol–water partition coefficient (Wildman–Crippen LogP) is -3.44. The first-order chi connectivity index (χ1) is 14.8. The quantitative estimate of drug-likeness (QED) is 0.132. The number of nitrogen functional groups attached to an aromatic ring is 1. The summed E-state index contributed by atoms with van der Waals surface area (Å²) in [7, 11) is -14.8. The van der Waals surface area contributed by atoms with Gasteiger partial charge in [0.1, 0.15) is 30.2 Å². The highest BCUT2D eigenvalue weighted by Gasteiger charge is 2.44. The van der Waals surface area contributed by atoms with Crippen LogP contribution in [0.4, 0.5) is 5.82 Å². The summed E-state index contributed by atoms with van der Waals surface area (Å²) in [6.07, 6.45) is -1.42. The number of aromatic nitrogens is 4. The molecule has 20 nitrogen and oxygen atoms in total. The molecule has 4 atom stereocenters. The summed E-state index contributed by atoms with van der Waals surface area (Å²) in [5.41, 5.74) is 6.44. The minimum absolute atomic E-state index is 0.218. The Bertz CT molecular complexity index is 1100. The van der Waals surface area contributed by atoms with Gasteiger partial charge in [0.05, 0.1) is 12.9 Å². The Balaban J connectivity index is 0.000000326. The van der Waals surface area contributed by atoms with Gasteiger partial charge >= 0.3 is 26.0 Å². The molecule has 1 aliphatic heterocycles. The number of anilines is 1. The standard InChI is InChI=1S/C10H13N5O4.H4O7P2.H2O4S/c11-8-5-9(13-2-12-8)15(3-14-5)10-7(18)6(17)4(1-16)19-10;1-8(2,3)7-9(4,5)6;1-5(2,3)4/h2-4,6-7,10,16-18H,1H2,(H2,11,12,13);(H2,1,2,3)(H2,4,5,6);(H2,1,2,3,4)/t4-,6-,7-,10-;;/m1../s1. The molecule has 1 aliphatic rings. The van der Waals surface area contributed by atoms with Crippen LogP contribution in [-0.4, -0.2) is 96.9 Å². The van der Waals surface area contributed by atoms with Crippen LogP contribution >= 0.6 is 15.6 Å². The molecule has 0 aliphatic carbocycles. The van der Waals surface area contributed by atoms with E-state index in [0.717, 1.165) is 0 Å². The van der Waals surface area contributed by atoms with Gasteiger partial charge in [-0.05, 0) is 0 Å². The molecule has 1 fully saturated rings. The van der Waals surface area contributed by atoms with E-state index in [-0.39, 0.29) is 5.82 Å². The Kier molecular flexibility index (Phi) is 9.93. The van der Waals surface area contributed by atoms with E-state index in [4.69, 9.17) is 52.7 Å². The van der Waals surface area contributed by atoms with E-state index in [9.17, 15) is 19.3 Å². The molecule has 0 spiro atoms. The second-order valence-corrected chi connectivity index (χ2v) is 9.33. The fraction of sp³-hybridized carbons (Fsp3) is 0.500. The van der Waals surface area contributed by atoms with Gasteiger partial charge in [-0.1, -0.05) is 0 Å². The van der Waals surface area contributed by atoms with E-state index in [2.05, 4.69) is 19.3 Å². The third-order valence-electron chi connectivity index (χ3n) is 3.39. The van der Waals surface area contributed by atoms with E-state index in [1.807, 2.05) is 0 Å². The van der Waals surface area contributed by atoms with Gasteiger partial charge in [0.15, 0.2) is 17.7 Å². The molecule has 0 aromatic carbocycles. The summed E-state index contributed by atoms with van der Waals surface area (Å²) in [6.45, 7) is -0.390. The minimum atomic E-state index is -5.05. The van der Waals surface area contributed by atoms with Crippen LogP contribution in [-0.2, 0) is 28.6 Å². The SMILES string of the molecule is Nc1ncnc2c1ncn2[C@@H]1O[C@H](CO)[C@@H](O)[C@H]1O.O=P(O)(O)OP(=O)(O)O.O=S(=O)(O)O. The normalized spacial score (nSPS) is 23.4.